The molecule has 1 unspecified atom stereocenters. The zero-order valence-electron chi connectivity index (χ0n) is 10.5. The molecule has 18 heavy (non-hydrogen) atoms. The van der Waals surface area contributed by atoms with E-state index in [-0.39, 0.29) is 5.78 Å². The van der Waals surface area contributed by atoms with Gasteiger partial charge in [-0.1, -0.05) is 30.7 Å². The predicted octanol–water partition coefficient (Wildman–Crippen LogP) is 3.38. The molecule has 0 spiro atoms. The van der Waals surface area contributed by atoms with E-state index < -0.39 is 0 Å². The Morgan fingerprint density at radius 3 is 3.06 bits per heavy atom. The average molecular weight is 237 g/mol. The summed E-state index contributed by atoms with van der Waals surface area (Å²) in [7, 11) is 0. The van der Waals surface area contributed by atoms with Crippen molar-refractivity contribution >= 4 is 17.1 Å². The first kappa shape index (κ1) is 10.2. The van der Waals surface area contributed by atoms with Gasteiger partial charge in [-0.05, 0) is 30.4 Å². The van der Waals surface area contributed by atoms with Gasteiger partial charge in [0, 0.05) is 22.8 Å². The highest BCUT2D eigenvalue weighted by atomic mass is 16.1. The van der Waals surface area contributed by atoms with Crippen molar-refractivity contribution in [2.75, 3.05) is 6.54 Å². The number of allylic oxidation sites excluding steroid dienone is 2. The molecule has 0 aromatic heterocycles. The Labute approximate surface area is 106 Å². The molecule has 1 aliphatic heterocycles. The summed E-state index contributed by atoms with van der Waals surface area (Å²) in [5.41, 5.74) is 7.45. The van der Waals surface area contributed by atoms with E-state index in [2.05, 4.69) is 18.0 Å². The van der Waals surface area contributed by atoms with Crippen molar-refractivity contribution in [3.8, 4) is 0 Å². The molecule has 4 rings (SSSR count). The van der Waals surface area contributed by atoms with Crippen LogP contribution >= 0.6 is 0 Å². The molecule has 0 bridgehead atoms. The number of hydrogen-bond donors (Lipinski definition) is 0. The van der Waals surface area contributed by atoms with Gasteiger partial charge in [-0.2, -0.15) is 0 Å². The molecular formula is C16H15NO. The molecule has 3 aliphatic rings. The summed E-state index contributed by atoms with van der Waals surface area (Å²) in [6, 6.07) is 6.17. The zero-order chi connectivity index (χ0) is 12.3. The Balaban J connectivity index is 2.11. The van der Waals surface area contributed by atoms with E-state index in [1.807, 2.05) is 12.1 Å². The van der Waals surface area contributed by atoms with Gasteiger partial charge in [0.2, 0.25) is 0 Å². The maximum atomic E-state index is 12.2. The highest BCUT2D eigenvalue weighted by Crippen LogP contribution is 2.49. The Hall–Kier alpha value is -1.70. The quantitative estimate of drug-likeness (QED) is 0.680. The van der Waals surface area contributed by atoms with Gasteiger partial charge in [-0.3, -0.25) is 9.79 Å². The minimum atomic E-state index is 0.176. The van der Waals surface area contributed by atoms with Crippen molar-refractivity contribution < 1.29 is 4.79 Å². The second kappa shape index (κ2) is 3.41. The molecule has 0 saturated heterocycles. The summed E-state index contributed by atoms with van der Waals surface area (Å²) < 4.78 is 0. The van der Waals surface area contributed by atoms with Gasteiger partial charge in [0.15, 0.2) is 5.78 Å². The van der Waals surface area contributed by atoms with Crippen LogP contribution in [0.5, 0.6) is 0 Å². The van der Waals surface area contributed by atoms with E-state index in [1.54, 1.807) is 0 Å². The van der Waals surface area contributed by atoms with Crippen LogP contribution in [0.25, 0.3) is 5.57 Å². The lowest BCUT2D eigenvalue weighted by atomic mass is 9.87. The van der Waals surface area contributed by atoms with Gasteiger partial charge in [-0.15, -0.1) is 0 Å². The lowest BCUT2D eigenvalue weighted by molar-refractivity contribution is 0.100. The summed E-state index contributed by atoms with van der Waals surface area (Å²) in [5.74, 6) is 0.640. The van der Waals surface area contributed by atoms with Crippen LogP contribution < -0.4 is 0 Å². The van der Waals surface area contributed by atoms with Gasteiger partial charge < -0.3 is 0 Å². The fraction of sp³-hybridized carbons (Fsp3) is 0.375. The van der Waals surface area contributed by atoms with E-state index in [9.17, 15) is 4.79 Å². The Kier molecular flexibility index (Phi) is 1.94. The van der Waals surface area contributed by atoms with Crippen LogP contribution in [-0.2, 0) is 0 Å². The minimum absolute atomic E-state index is 0.176. The Morgan fingerprint density at radius 2 is 2.17 bits per heavy atom. The van der Waals surface area contributed by atoms with Crippen LogP contribution in [0.4, 0.5) is 0 Å². The van der Waals surface area contributed by atoms with Crippen molar-refractivity contribution in [3.63, 3.8) is 0 Å². The number of benzene rings is 1. The van der Waals surface area contributed by atoms with Crippen molar-refractivity contribution in [1.82, 2.24) is 0 Å². The molecule has 1 heterocycles. The SMILES string of the molecule is CC1C2=C3C(=NCC(=O)c4cccc1c43)CCC2. The largest absolute Gasteiger partial charge is 0.292 e. The van der Waals surface area contributed by atoms with E-state index >= 15 is 0 Å². The van der Waals surface area contributed by atoms with Crippen LogP contribution in [0.15, 0.2) is 28.8 Å². The minimum Gasteiger partial charge on any atom is -0.292 e. The number of carbonyl (C=O) groups excluding carboxylic acids is 1. The van der Waals surface area contributed by atoms with Crippen molar-refractivity contribution in [2.24, 2.45) is 4.99 Å². The summed E-state index contributed by atoms with van der Waals surface area (Å²) in [5, 5.41) is 0. The van der Waals surface area contributed by atoms with Crippen molar-refractivity contribution in [1.29, 1.82) is 0 Å². The fourth-order valence-electron chi connectivity index (χ4n) is 3.66. The molecule has 2 nitrogen and oxygen atoms in total. The lowest BCUT2D eigenvalue weighted by Crippen LogP contribution is -2.09. The molecule has 90 valence electrons. The average Bonchev–Trinajstić information content (AvgIpc) is 2.61. The molecule has 0 N–H and O–H groups in total. The van der Waals surface area contributed by atoms with Crippen LogP contribution in [0.1, 0.15) is 53.6 Å². The third kappa shape index (κ3) is 1.13. The Bertz CT molecular complexity index is 636. The second-order valence-corrected chi connectivity index (χ2v) is 5.43. The van der Waals surface area contributed by atoms with E-state index in [0.717, 1.165) is 18.4 Å². The molecule has 0 amide bonds. The molecule has 0 fully saturated rings. The number of aliphatic imine (C=N–C) groups is 1. The topological polar surface area (TPSA) is 29.4 Å². The van der Waals surface area contributed by atoms with Gasteiger partial charge in [0.25, 0.3) is 0 Å². The van der Waals surface area contributed by atoms with Crippen molar-refractivity contribution in [2.45, 2.75) is 32.1 Å². The first-order chi connectivity index (χ1) is 8.77. The van der Waals surface area contributed by atoms with Crippen LogP contribution in [-0.4, -0.2) is 18.0 Å². The van der Waals surface area contributed by atoms with E-state index in [4.69, 9.17) is 0 Å². The highest BCUT2D eigenvalue weighted by molar-refractivity contribution is 6.30. The predicted molar refractivity (Wildman–Crippen MR) is 72.3 cm³/mol. The fourth-order valence-corrected chi connectivity index (χ4v) is 3.66. The summed E-state index contributed by atoms with van der Waals surface area (Å²) in [4.78, 5) is 16.8. The van der Waals surface area contributed by atoms with E-state index in [1.165, 1.54) is 34.4 Å². The number of ketones is 1. The number of carbonyl (C=O) groups is 1. The van der Waals surface area contributed by atoms with Crippen molar-refractivity contribution in [3.05, 3.63) is 40.5 Å². The smallest absolute Gasteiger partial charge is 0.184 e. The molecular weight excluding hydrogens is 222 g/mol. The molecule has 2 heteroatoms. The maximum absolute atomic E-state index is 12.2. The standard InChI is InChI=1S/C16H15NO/c1-9-10-4-2-6-12-14(18)8-17-13-7-3-5-11(9)16(13)15(10)12/h2,4,6,9H,3,5,7-8H2,1H3. The lowest BCUT2D eigenvalue weighted by Gasteiger charge is -2.18. The van der Waals surface area contributed by atoms with Crippen LogP contribution in [0.2, 0.25) is 0 Å². The molecule has 2 aliphatic carbocycles. The van der Waals surface area contributed by atoms with E-state index in [0.29, 0.717) is 12.5 Å². The van der Waals surface area contributed by atoms with Crippen LogP contribution in [0.3, 0.4) is 0 Å². The summed E-state index contributed by atoms with van der Waals surface area (Å²) in [6.07, 6.45) is 3.38. The number of hydrogen-bond acceptors (Lipinski definition) is 2. The molecule has 1 aromatic carbocycles. The van der Waals surface area contributed by atoms with Gasteiger partial charge in [-0.25, -0.2) is 0 Å². The normalized spacial score (nSPS) is 24.8. The zero-order valence-corrected chi connectivity index (χ0v) is 10.5. The molecule has 0 radical (unpaired) electrons. The maximum Gasteiger partial charge on any atom is 0.184 e. The number of rotatable bonds is 0. The Morgan fingerprint density at radius 1 is 1.28 bits per heavy atom. The number of nitrogens with zero attached hydrogens (tertiary/aromatic N) is 1. The molecule has 1 atom stereocenters. The number of Topliss-reactive ketones (excluding diaryl/α,β-unsaturated/α-hetero) is 1. The molecule has 1 aromatic rings. The first-order valence-electron chi connectivity index (χ1n) is 6.70. The highest BCUT2D eigenvalue weighted by Gasteiger charge is 2.36. The monoisotopic (exact) mass is 237 g/mol. The van der Waals surface area contributed by atoms with Gasteiger partial charge in [0.1, 0.15) is 6.54 Å². The third-order valence-corrected chi connectivity index (χ3v) is 4.52. The molecule has 0 saturated carbocycles. The second-order valence-electron chi connectivity index (χ2n) is 5.43. The van der Waals surface area contributed by atoms with Gasteiger partial charge in [0.05, 0.1) is 0 Å². The first-order valence-corrected chi connectivity index (χ1v) is 6.70. The summed E-state index contributed by atoms with van der Waals surface area (Å²) in [6.45, 7) is 2.59. The van der Waals surface area contributed by atoms with Gasteiger partial charge >= 0.3 is 0 Å². The third-order valence-electron chi connectivity index (χ3n) is 4.52. The van der Waals surface area contributed by atoms with Crippen LogP contribution in [0, 0.1) is 0 Å². The summed E-state index contributed by atoms with van der Waals surface area (Å²) >= 11 is 0.